The summed E-state index contributed by atoms with van der Waals surface area (Å²) in [5.74, 6) is 0.729. The SMILES string of the molecule is C/C=C/C=C/C(=O)NNC(=O)c1ccc(COc2ccc(OCC)cc2)cc1. The highest BCUT2D eigenvalue weighted by Gasteiger charge is 2.06. The number of rotatable bonds is 8. The topological polar surface area (TPSA) is 76.7 Å². The fraction of sp³-hybridized carbons (Fsp3) is 0.182. The Morgan fingerprint density at radius 1 is 0.893 bits per heavy atom. The number of allylic oxidation sites excluding steroid dienone is 3. The van der Waals surface area contributed by atoms with Crippen molar-refractivity contribution < 1.29 is 19.1 Å². The van der Waals surface area contributed by atoms with Crippen molar-refractivity contribution in [1.29, 1.82) is 0 Å². The molecule has 0 aliphatic heterocycles. The Balaban J connectivity index is 1.81. The van der Waals surface area contributed by atoms with E-state index in [4.69, 9.17) is 9.47 Å². The van der Waals surface area contributed by atoms with Gasteiger partial charge in [-0.05, 0) is 55.8 Å². The maximum Gasteiger partial charge on any atom is 0.269 e. The molecule has 2 aromatic carbocycles. The smallest absolute Gasteiger partial charge is 0.269 e. The van der Waals surface area contributed by atoms with Crippen LogP contribution >= 0.6 is 0 Å². The zero-order valence-corrected chi connectivity index (χ0v) is 16.0. The minimum absolute atomic E-state index is 0.377. The lowest BCUT2D eigenvalue weighted by atomic mass is 10.1. The highest BCUT2D eigenvalue weighted by atomic mass is 16.5. The van der Waals surface area contributed by atoms with E-state index in [-0.39, 0.29) is 0 Å². The maximum atomic E-state index is 12.0. The zero-order valence-electron chi connectivity index (χ0n) is 16.0. The Hall–Kier alpha value is -3.54. The first-order chi connectivity index (χ1) is 13.6. The molecule has 0 heterocycles. The van der Waals surface area contributed by atoms with Gasteiger partial charge in [-0.2, -0.15) is 0 Å². The third-order valence-electron chi connectivity index (χ3n) is 3.61. The molecular weight excluding hydrogens is 356 g/mol. The van der Waals surface area contributed by atoms with E-state index in [1.165, 1.54) is 6.08 Å². The first-order valence-corrected chi connectivity index (χ1v) is 8.96. The second kappa shape index (κ2) is 11.2. The molecule has 146 valence electrons. The molecule has 0 radical (unpaired) electrons. The number of benzene rings is 2. The van der Waals surface area contributed by atoms with Gasteiger partial charge in [0.2, 0.25) is 0 Å². The van der Waals surface area contributed by atoms with Crippen LogP contribution in [0.5, 0.6) is 11.5 Å². The number of ether oxygens (including phenoxy) is 2. The summed E-state index contributed by atoms with van der Waals surface area (Å²) in [7, 11) is 0. The molecule has 0 bridgehead atoms. The van der Waals surface area contributed by atoms with Crippen LogP contribution in [0.1, 0.15) is 29.8 Å². The van der Waals surface area contributed by atoms with Crippen molar-refractivity contribution in [2.75, 3.05) is 6.61 Å². The molecule has 0 aliphatic carbocycles. The van der Waals surface area contributed by atoms with Crippen molar-refractivity contribution in [1.82, 2.24) is 10.9 Å². The average molecular weight is 380 g/mol. The summed E-state index contributed by atoms with van der Waals surface area (Å²) in [5.41, 5.74) is 6.04. The van der Waals surface area contributed by atoms with E-state index in [2.05, 4.69) is 10.9 Å². The van der Waals surface area contributed by atoms with E-state index in [0.717, 1.165) is 17.1 Å². The first-order valence-electron chi connectivity index (χ1n) is 8.96. The Kier molecular flexibility index (Phi) is 8.33. The van der Waals surface area contributed by atoms with Crippen LogP contribution in [-0.4, -0.2) is 18.4 Å². The number of amides is 2. The van der Waals surface area contributed by atoms with Gasteiger partial charge in [0.15, 0.2) is 0 Å². The van der Waals surface area contributed by atoms with Crippen LogP contribution in [0.15, 0.2) is 72.8 Å². The van der Waals surface area contributed by atoms with Crippen LogP contribution in [0.4, 0.5) is 0 Å². The van der Waals surface area contributed by atoms with Gasteiger partial charge >= 0.3 is 0 Å². The summed E-state index contributed by atoms with van der Waals surface area (Å²) in [5, 5.41) is 0. The van der Waals surface area contributed by atoms with E-state index < -0.39 is 11.8 Å². The second-order valence-electron chi connectivity index (χ2n) is 5.72. The molecule has 0 atom stereocenters. The maximum absolute atomic E-state index is 12.0. The number of hydrogen-bond acceptors (Lipinski definition) is 4. The molecule has 0 saturated heterocycles. The predicted octanol–water partition coefficient (Wildman–Crippen LogP) is 3.56. The molecule has 6 heteroatoms. The van der Waals surface area contributed by atoms with E-state index in [0.29, 0.717) is 18.8 Å². The van der Waals surface area contributed by atoms with Crippen molar-refractivity contribution >= 4 is 11.8 Å². The lowest BCUT2D eigenvalue weighted by molar-refractivity contribution is -0.117. The molecule has 0 unspecified atom stereocenters. The highest BCUT2D eigenvalue weighted by molar-refractivity contribution is 5.96. The van der Waals surface area contributed by atoms with E-state index >= 15 is 0 Å². The first kappa shape index (κ1) is 20.8. The van der Waals surface area contributed by atoms with Crippen LogP contribution in [0.25, 0.3) is 0 Å². The minimum atomic E-state index is -0.410. The van der Waals surface area contributed by atoms with Gasteiger partial charge in [-0.3, -0.25) is 20.4 Å². The van der Waals surface area contributed by atoms with Crippen LogP contribution in [-0.2, 0) is 11.4 Å². The van der Waals surface area contributed by atoms with E-state index in [1.807, 2.05) is 38.1 Å². The molecular formula is C22H24N2O4. The van der Waals surface area contributed by atoms with Gasteiger partial charge in [0.25, 0.3) is 11.8 Å². The Morgan fingerprint density at radius 2 is 1.54 bits per heavy atom. The summed E-state index contributed by atoms with van der Waals surface area (Å²) in [6.07, 6.45) is 6.42. The molecule has 2 N–H and O–H groups in total. The van der Waals surface area contributed by atoms with Gasteiger partial charge in [-0.25, -0.2) is 0 Å². The molecule has 2 aromatic rings. The third-order valence-corrected chi connectivity index (χ3v) is 3.61. The van der Waals surface area contributed by atoms with Gasteiger partial charge in [-0.15, -0.1) is 0 Å². The average Bonchev–Trinajstić information content (AvgIpc) is 2.72. The van der Waals surface area contributed by atoms with Gasteiger partial charge in [0, 0.05) is 11.6 Å². The van der Waals surface area contributed by atoms with Gasteiger partial charge in [0.1, 0.15) is 18.1 Å². The Bertz CT molecular complexity index is 825. The largest absolute Gasteiger partial charge is 0.494 e. The molecule has 6 nitrogen and oxygen atoms in total. The van der Waals surface area contributed by atoms with Gasteiger partial charge in [-0.1, -0.05) is 30.4 Å². The Labute approximate surface area is 164 Å². The lowest BCUT2D eigenvalue weighted by Gasteiger charge is -2.09. The van der Waals surface area contributed by atoms with Crippen LogP contribution in [0, 0.1) is 0 Å². The fourth-order valence-electron chi connectivity index (χ4n) is 2.20. The standard InChI is InChI=1S/C22H24N2O4/c1-3-5-6-7-21(25)23-24-22(26)18-10-8-17(9-11-18)16-28-20-14-12-19(13-15-20)27-4-2/h3,5-15H,4,16H2,1-2H3,(H,23,25)(H,24,26)/b5-3+,7-6+. The van der Waals surface area contributed by atoms with Crippen molar-refractivity contribution in [3.63, 3.8) is 0 Å². The van der Waals surface area contributed by atoms with Gasteiger partial charge in [0.05, 0.1) is 6.61 Å². The summed E-state index contributed by atoms with van der Waals surface area (Å²) < 4.78 is 11.1. The Morgan fingerprint density at radius 3 is 2.14 bits per heavy atom. The number of carbonyl (C=O) groups is 2. The number of carbonyl (C=O) groups excluding carboxylic acids is 2. The molecule has 0 saturated carbocycles. The van der Waals surface area contributed by atoms with Crippen molar-refractivity contribution in [2.45, 2.75) is 20.5 Å². The predicted molar refractivity (Wildman–Crippen MR) is 108 cm³/mol. The molecule has 28 heavy (non-hydrogen) atoms. The second-order valence-corrected chi connectivity index (χ2v) is 5.72. The minimum Gasteiger partial charge on any atom is -0.494 e. The molecule has 0 aromatic heterocycles. The van der Waals surface area contributed by atoms with Gasteiger partial charge < -0.3 is 9.47 Å². The van der Waals surface area contributed by atoms with Crippen molar-refractivity contribution in [2.24, 2.45) is 0 Å². The molecule has 0 aliphatic rings. The fourth-order valence-corrected chi connectivity index (χ4v) is 2.20. The normalized spacial score (nSPS) is 10.8. The van der Waals surface area contributed by atoms with Crippen LogP contribution < -0.4 is 20.3 Å². The quantitative estimate of drug-likeness (QED) is 0.417. The van der Waals surface area contributed by atoms with Crippen molar-refractivity contribution in [3.05, 3.63) is 84.0 Å². The van der Waals surface area contributed by atoms with Crippen LogP contribution in [0.2, 0.25) is 0 Å². The molecule has 0 spiro atoms. The third kappa shape index (κ3) is 6.99. The summed E-state index contributed by atoms with van der Waals surface area (Å²) in [6, 6.07) is 14.4. The highest BCUT2D eigenvalue weighted by Crippen LogP contribution is 2.18. The van der Waals surface area contributed by atoms with Crippen LogP contribution in [0.3, 0.4) is 0 Å². The monoisotopic (exact) mass is 380 g/mol. The summed E-state index contributed by atoms with van der Waals surface area (Å²) in [4.78, 5) is 23.6. The van der Waals surface area contributed by atoms with Crippen molar-refractivity contribution in [3.8, 4) is 11.5 Å². The number of hydrazine groups is 1. The molecule has 2 rings (SSSR count). The summed E-state index contributed by atoms with van der Waals surface area (Å²) in [6.45, 7) is 4.78. The lowest BCUT2D eigenvalue weighted by Crippen LogP contribution is -2.40. The number of nitrogens with one attached hydrogen (secondary N) is 2. The summed E-state index contributed by atoms with van der Waals surface area (Å²) >= 11 is 0. The van der Waals surface area contributed by atoms with E-state index in [1.54, 1.807) is 42.5 Å². The van der Waals surface area contributed by atoms with E-state index in [9.17, 15) is 9.59 Å². The molecule has 0 fully saturated rings. The number of hydrogen-bond donors (Lipinski definition) is 2. The zero-order chi connectivity index (χ0) is 20.2. The molecule has 2 amide bonds.